The van der Waals surface area contributed by atoms with Crippen molar-refractivity contribution in [2.45, 2.75) is 33.2 Å². The molecule has 0 atom stereocenters. The topological polar surface area (TPSA) is 3.24 Å². The van der Waals surface area contributed by atoms with Gasteiger partial charge in [-0.25, -0.2) is 4.39 Å². The minimum Gasteiger partial charge on any atom is -0.373 e. The van der Waals surface area contributed by atoms with Gasteiger partial charge in [-0.05, 0) is 26.3 Å². The van der Waals surface area contributed by atoms with E-state index in [0.717, 1.165) is 5.70 Å². The fourth-order valence-electron chi connectivity index (χ4n) is 1.15. The van der Waals surface area contributed by atoms with E-state index < -0.39 is 0 Å². The lowest BCUT2D eigenvalue weighted by molar-refractivity contribution is 0.323. The molecule has 0 heterocycles. The molecule has 14 heavy (non-hydrogen) atoms. The fourth-order valence-corrected chi connectivity index (χ4v) is 1.15. The van der Waals surface area contributed by atoms with E-state index in [1.807, 2.05) is 32.7 Å². The predicted octanol–water partition coefficient (Wildman–Crippen LogP) is 3.66. The summed E-state index contributed by atoms with van der Waals surface area (Å²) >= 11 is 0. The van der Waals surface area contributed by atoms with E-state index in [9.17, 15) is 4.39 Å². The molecule has 0 unspecified atom stereocenters. The SMILES string of the molecule is C=C/C=C\C(F)=C(/CC)N(C)C(C)C. The molecule has 0 aliphatic carbocycles. The molecule has 0 aromatic heterocycles. The molecule has 0 saturated carbocycles. The van der Waals surface area contributed by atoms with Crippen molar-refractivity contribution >= 4 is 0 Å². The predicted molar refractivity (Wildman–Crippen MR) is 60.7 cm³/mol. The Morgan fingerprint density at radius 1 is 1.50 bits per heavy atom. The zero-order valence-electron chi connectivity index (χ0n) is 9.55. The van der Waals surface area contributed by atoms with Gasteiger partial charge in [-0.2, -0.15) is 0 Å². The lowest BCUT2D eigenvalue weighted by Crippen LogP contribution is -2.26. The summed E-state index contributed by atoms with van der Waals surface area (Å²) in [6, 6.07) is 0.313. The van der Waals surface area contributed by atoms with Crippen molar-refractivity contribution in [3.8, 4) is 0 Å². The number of halogens is 1. The summed E-state index contributed by atoms with van der Waals surface area (Å²) in [5.74, 6) is -0.177. The monoisotopic (exact) mass is 197 g/mol. The van der Waals surface area contributed by atoms with Gasteiger partial charge in [0.15, 0.2) is 0 Å². The van der Waals surface area contributed by atoms with Crippen molar-refractivity contribution in [2.75, 3.05) is 7.05 Å². The van der Waals surface area contributed by atoms with Gasteiger partial charge in [0.25, 0.3) is 0 Å². The van der Waals surface area contributed by atoms with Crippen LogP contribution in [0.5, 0.6) is 0 Å². The van der Waals surface area contributed by atoms with Crippen LogP contribution in [0.15, 0.2) is 36.3 Å². The summed E-state index contributed by atoms with van der Waals surface area (Å²) in [7, 11) is 1.91. The molecule has 0 spiro atoms. The summed E-state index contributed by atoms with van der Waals surface area (Å²) < 4.78 is 13.6. The third kappa shape index (κ3) is 3.77. The highest BCUT2D eigenvalue weighted by atomic mass is 19.1. The molecule has 0 N–H and O–H groups in total. The third-order valence-corrected chi connectivity index (χ3v) is 2.19. The number of nitrogens with zero attached hydrogens (tertiary/aromatic N) is 1. The molecule has 0 aromatic rings. The van der Waals surface area contributed by atoms with E-state index in [1.165, 1.54) is 6.08 Å². The largest absolute Gasteiger partial charge is 0.373 e. The maximum absolute atomic E-state index is 13.6. The number of hydrogen-bond acceptors (Lipinski definition) is 1. The average molecular weight is 197 g/mol. The highest BCUT2D eigenvalue weighted by Gasteiger charge is 2.10. The Bertz CT molecular complexity index is 239. The fraction of sp³-hybridized carbons (Fsp3) is 0.500. The zero-order valence-corrected chi connectivity index (χ0v) is 9.55. The van der Waals surface area contributed by atoms with Crippen molar-refractivity contribution < 1.29 is 4.39 Å². The molecule has 0 aromatic carbocycles. The Kier molecular flexibility index (Phi) is 5.93. The van der Waals surface area contributed by atoms with E-state index in [-0.39, 0.29) is 5.83 Å². The van der Waals surface area contributed by atoms with Crippen LogP contribution in [-0.4, -0.2) is 18.0 Å². The molecular weight excluding hydrogens is 177 g/mol. The Labute approximate surface area is 86.6 Å². The summed E-state index contributed by atoms with van der Waals surface area (Å²) in [5, 5.41) is 0. The van der Waals surface area contributed by atoms with Gasteiger partial charge < -0.3 is 4.90 Å². The molecule has 0 amide bonds. The van der Waals surface area contributed by atoms with E-state index in [2.05, 4.69) is 6.58 Å². The minimum absolute atomic E-state index is 0.177. The summed E-state index contributed by atoms with van der Waals surface area (Å²) in [5.41, 5.74) is 0.734. The summed E-state index contributed by atoms with van der Waals surface area (Å²) in [4.78, 5) is 1.95. The normalized spacial score (nSPS) is 13.3. The molecule has 0 saturated heterocycles. The van der Waals surface area contributed by atoms with Crippen LogP contribution in [0.4, 0.5) is 4.39 Å². The highest BCUT2D eigenvalue weighted by molar-refractivity contribution is 5.21. The first-order valence-electron chi connectivity index (χ1n) is 4.95. The lowest BCUT2D eigenvalue weighted by atomic mass is 10.2. The van der Waals surface area contributed by atoms with Crippen LogP contribution in [0.3, 0.4) is 0 Å². The first kappa shape index (κ1) is 12.9. The maximum Gasteiger partial charge on any atom is 0.142 e. The van der Waals surface area contributed by atoms with Gasteiger partial charge in [0.1, 0.15) is 5.83 Å². The first-order valence-corrected chi connectivity index (χ1v) is 4.95. The average Bonchev–Trinajstić information content (AvgIpc) is 2.15. The van der Waals surface area contributed by atoms with E-state index in [1.54, 1.807) is 12.2 Å². The van der Waals surface area contributed by atoms with Crippen LogP contribution in [0.1, 0.15) is 27.2 Å². The van der Waals surface area contributed by atoms with Crippen LogP contribution in [0.2, 0.25) is 0 Å². The third-order valence-electron chi connectivity index (χ3n) is 2.19. The number of allylic oxidation sites excluding steroid dienone is 5. The molecule has 0 bridgehead atoms. The molecular formula is C12H20FN. The summed E-state index contributed by atoms with van der Waals surface area (Å²) in [6.45, 7) is 9.55. The molecule has 0 aliphatic heterocycles. The van der Waals surface area contributed by atoms with E-state index in [0.29, 0.717) is 12.5 Å². The first-order chi connectivity index (χ1) is 6.54. The van der Waals surface area contributed by atoms with Crippen LogP contribution in [0, 0.1) is 0 Å². The Hall–Kier alpha value is -1.05. The molecule has 2 heteroatoms. The lowest BCUT2D eigenvalue weighted by Gasteiger charge is -2.26. The molecule has 0 radical (unpaired) electrons. The highest BCUT2D eigenvalue weighted by Crippen LogP contribution is 2.17. The quantitative estimate of drug-likeness (QED) is 0.608. The molecule has 0 aliphatic rings. The van der Waals surface area contributed by atoms with Crippen molar-refractivity contribution in [3.05, 3.63) is 36.3 Å². The smallest absolute Gasteiger partial charge is 0.142 e. The Morgan fingerprint density at radius 3 is 2.43 bits per heavy atom. The van der Waals surface area contributed by atoms with Crippen molar-refractivity contribution in [2.24, 2.45) is 0 Å². The Balaban J connectivity index is 4.82. The molecule has 0 rings (SSSR count). The van der Waals surface area contributed by atoms with Crippen molar-refractivity contribution in [1.82, 2.24) is 4.90 Å². The van der Waals surface area contributed by atoms with Crippen molar-refractivity contribution in [3.63, 3.8) is 0 Å². The second-order valence-electron chi connectivity index (χ2n) is 3.45. The molecule has 1 nitrogen and oxygen atoms in total. The number of hydrogen-bond donors (Lipinski definition) is 0. The minimum atomic E-state index is -0.177. The van der Waals surface area contributed by atoms with Gasteiger partial charge >= 0.3 is 0 Å². The second-order valence-corrected chi connectivity index (χ2v) is 3.45. The van der Waals surface area contributed by atoms with Gasteiger partial charge in [-0.3, -0.25) is 0 Å². The van der Waals surface area contributed by atoms with Gasteiger partial charge in [0.05, 0.1) is 0 Å². The van der Waals surface area contributed by atoms with E-state index in [4.69, 9.17) is 0 Å². The molecule has 0 fully saturated rings. The summed E-state index contributed by atoms with van der Waals surface area (Å²) in [6.07, 6.45) is 5.33. The second kappa shape index (κ2) is 6.41. The van der Waals surface area contributed by atoms with Crippen LogP contribution < -0.4 is 0 Å². The van der Waals surface area contributed by atoms with Crippen LogP contribution in [0.25, 0.3) is 0 Å². The van der Waals surface area contributed by atoms with Gasteiger partial charge in [0.2, 0.25) is 0 Å². The van der Waals surface area contributed by atoms with Crippen LogP contribution in [-0.2, 0) is 0 Å². The van der Waals surface area contributed by atoms with E-state index >= 15 is 0 Å². The van der Waals surface area contributed by atoms with Gasteiger partial charge in [-0.1, -0.05) is 25.7 Å². The van der Waals surface area contributed by atoms with Gasteiger partial charge in [0, 0.05) is 18.8 Å². The van der Waals surface area contributed by atoms with Crippen molar-refractivity contribution in [1.29, 1.82) is 0 Å². The number of rotatable bonds is 5. The maximum atomic E-state index is 13.6. The van der Waals surface area contributed by atoms with Gasteiger partial charge in [-0.15, -0.1) is 0 Å². The molecule has 80 valence electrons. The zero-order chi connectivity index (χ0) is 11.1. The Morgan fingerprint density at radius 2 is 2.07 bits per heavy atom. The standard InChI is InChI=1S/C12H20FN/c1-6-8-9-11(13)12(7-2)14(5)10(3)4/h6,8-10H,1,7H2,2-5H3/b9-8-,12-11-. The van der Waals surface area contributed by atoms with Crippen LogP contribution >= 0.6 is 0 Å².